The van der Waals surface area contributed by atoms with E-state index in [1.807, 2.05) is 42.2 Å². The summed E-state index contributed by atoms with van der Waals surface area (Å²) in [4.78, 5) is 32.0. The predicted molar refractivity (Wildman–Crippen MR) is 118 cm³/mol. The summed E-state index contributed by atoms with van der Waals surface area (Å²) in [5.74, 6) is 0.0888. The fraction of sp³-hybridized carbons (Fsp3) is 0.417. The molecule has 0 aromatic heterocycles. The van der Waals surface area contributed by atoms with E-state index in [0.717, 1.165) is 56.8 Å². The van der Waals surface area contributed by atoms with Crippen molar-refractivity contribution in [2.75, 3.05) is 38.0 Å². The lowest BCUT2D eigenvalue weighted by molar-refractivity contribution is -0.136. The van der Waals surface area contributed by atoms with Crippen molar-refractivity contribution in [2.45, 2.75) is 32.4 Å². The maximum atomic E-state index is 13.2. The van der Waals surface area contributed by atoms with Gasteiger partial charge in [-0.3, -0.25) is 9.69 Å². The van der Waals surface area contributed by atoms with Crippen LogP contribution >= 0.6 is 0 Å². The van der Waals surface area contributed by atoms with Gasteiger partial charge in [-0.25, -0.2) is 4.79 Å². The average molecular weight is 407 g/mol. The molecule has 0 radical (unpaired) electrons. The summed E-state index contributed by atoms with van der Waals surface area (Å²) < 4.78 is 0. The van der Waals surface area contributed by atoms with Crippen LogP contribution in [0.1, 0.15) is 24.0 Å². The number of nitrogens with zero attached hydrogens (tertiary/aromatic N) is 3. The van der Waals surface area contributed by atoms with Gasteiger partial charge in [0, 0.05) is 45.0 Å². The number of carbonyl (C=O) groups excluding carboxylic acids is 2. The Balaban J connectivity index is 1.31. The van der Waals surface area contributed by atoms with Crippen molar-refractivity contribution in [3.63, 3.8) is 0 Å². The number of piperazine rings is 1. The lowest BCUT2D eigenvalue weighted by atomic mass is 10.1. The molecule has 2 fully saturated rings. The summed E-state index contributed by atoms with van der Waals surface area (Å²) in [5.41, 5.74) is 3.21. The minimum absolute atomic E-state index is 0.0888. The molecule has 0 aliphatic carbocycles. The molecular formula is C24H30N4O2. The van der Waals surface area contributed by atoms with Gasteiger partial charge in [0.15, 0.2) is 0 Å². The monoisotopic (exact) mass is 406 g/mol. The molecule has 6 heteroatoms. The normalized spacial score (nSPS) is 19.7. The molecule has 2 saturated heterocycles. The molecule has 6 nitrogen and oxygen atoms in total. The van der Waals surface area contributed by atoms with Crippen molar-refractivity contribution in [1.82, 2.24) is 14.7 Å². The van der Waals surface area contributed by atoms with Gasteiger partial charge in [-0.15, -0.1) is 0 Å². The highest BCUT2D eigenvalue weighted by Gasteiger charge is 2.37. The fourth-order valence-corrected chi connectivity index (χ4v) is 4.28. The second-order valence-corrected chi connectivity index (χ2v) is 8.23. The smallest absolute Gasteiger partial charge is 0.322 e. The standard InChI is InChI=1S/C24H30N4O2/c1-19-9-11-21(12-10-19)25-24(30)28-13-5-8-22(28)23(29)27-16-14-26(15-17-27)18-20-6-3-2-4-7-20/h2-4,6-7,9-12,22H,5,8,13-18H2,1H3,(H,25,30). The number of anilines is 1. The molecule has 1 atom stereocenters. The number of amides is 3. The SMILES string of the molecule is Cc1ccc(NC(=O)N2CCCC2C(=O)N2CCN(Cc3ccccc3)CC2)cc1. The molecule has 2 aromatic rings. The molecule has 158 valence electrons. The Morgan fingerprint density at radius 1 is 0.933 bits per heavy atom. The van der Waals surface area contributed by atoms with Gasteiger partial charge in [0.2, 0.25) is 5.91 Å². The van der Waals surface area contributed by atoms with E-state index in [1.54, 1.807) is 4.90 Å². The maximum absolute atomic E-state index is 13.2. The first-order valence-electron chi connectivity index (χ1n) is 10.8. The highest BCUT2D eigenvalue weighted by Crippen LogP contribution is 2.22. The van der Waals surface area contributed by atoms with Gasteiger partial charge in [-0.1, -0.05) is 48.0 Å². The quantitative estimate of drug-likeness (QED) is 0.847. The Hall–Kier alpha value is -2.86. The van der Waals surface area contributed by atoms with Gasteiger partial charge in [0.05, 0.1) is 0 Å². The van der Waals surface area contributed by atoms with E-state index in [0.29, 0.717) is 6.54 Å². The number of likely N-dealkylation sites (tertiary alicyclic amines) is 1. The molecule has 1 unspecified atom stereocenters. The Morgan fingerprint density at radius 2 is 1.63 bits per heavy atom. The van der Waals surface area contributed by atoms with E-state index >= 15 is 0 Å². The van der Waals surface area contributed by atoms with E-state index in [2.05, 4.69) is 34.5 Å². The van der Waals surface area contributed by atoms with Crippen molar-refractivity contribution in [3.8, 4) is 0 Å². The number of nitrogens with one attached hydrogen (secondary N) is 1. The minimum Gasteiger partial charge on any atom is -0.338 e. The fourth-order valence-electron chi connectivity index (χ4n) is 4.28. The second-order valence-electron chi connectivity index (χ2n) is 8.23. The predicted octanol–water partition coefficient (Wildman–Crippen LogP) is 3.34. The molecule has 30 heavy (non-hydrogen) atoms. The van der Waals surface area contributed by atoms with Crippen molar-refractivity contribution >= 4 is 17.6 Å². The van der Waals surface area contributed by atoms with Gasteiger partial charge in [0.25, 0.3) is 0 Å². The first-order valence-corrected chi connectivity index (χ1v) is 10.8. The lowest BCUT2D eigenvalue weighted by Crippen LogP contribution is -2.54. The third kappa shape index (κ3) is 4.82. The molecule has 1 N–H and O–H groups in total. The van der Waals surface area contributed by atoms with Gasteiger partial charge in [-0.2, -0.15) is 0 Å². The van der Waals surface area contributed by atoms with Crippen LogP contribution in [0.3, 0.4) is 0 Å². The highest BCUT2D eigenvalue weighted by molar-refractivity contribution is 5.94. The molecule has 2 aliphatic rings. The zero-order valence-corrected chi connectivity index (χ0v) is 17.6. The Morgan fingerprint density at radius 3 is 2.33 bits per heavy atom. The van der Waals surface area contributed by atoms with Crippen LogP contribution in [0.5, 0.6) is 0 Å². The molecule has 3 amide bonds. The van der Waals surface area contributed by atoms with Gasteiger partial charge < -0.3 is 15.1 Å². The van der Waals surface area contributed by atoms with Crippen LogP contribution in [0, 0.1) is 6.92 Å². The zero-order chi connectivity index (χ0) is 20.9. The number of aryl methyl sites for hydroxylation is 1. The topological polar surface area (TPSA) is 55.9 Å². The Bertz CT molecular complexity index is 861. The van der Waals surface area contributed by atoms with Crippen molar-refractivity contribution in [2.24, 2.45) is 0 Å². The van der Waals surface area contributed by atoms with Crippen LogP contribution in [0.15, 0.2) is 54.6 Å². The number of benzene rings is 2. The molecule has 2 heterocycles. The third-order valence-electron chi connectivity index (χ3n) is 6.03. The van der Waals surface area contributed by atoms with Crippen LogP contribution in [-0.2, 0) is 11.3 Å². The first-order chi connectivity index (χ1) is 14.6. The van der Waals surface area contributed by atoms with Crippen molar-refractivity contribution < 1.29 is 9.59 Å². The Kier molecular flexibility index (Phi) is 6.33. The summed E-state index contributed by atoms with van der Waals surface area (Å²) in [7, 11) is 0. The highest BCUT2D eigenvalue weighted by atomic mass is 16.2. The molecule has 2 aromatic carbocycles. The number of carbonyl (C=O) groups is 2. The molecule has 4 rings (SSSR count). The van der Waals surface area contributed by atoms with E-state index < -0.39 is 0 Å². The first kappa shape index (κ1) is 20.4. The second kappa shape index (κ2) is 9.30. The van der Waals surface area contributed by atoms with Crippen LogP contribution in [-0.4, -0.2) is 65.4 Å². The lowest BCUT2D eigenvalue weighted by Gasteiger charge is -2.37. The van der Waals surface area contributed by atoms with Crippen LogP contribution in [0.25, 0.3) is 0 Å². The minimum atomic E-state index is -0.351. The Labute approximate surface area is 178 Å². The third-order valence-corrected chi connectivity index (χ3v) is 6.03. The maximum Gasteiger partial charge on any atom is 0.322 e. The summed E-state index contributed by atoms with van der Waals surface area (Å²) >= 11 is 0. The van der Waals surface area contributed by atoms with Gasteiger partial charge >= 0.3 is 6.03 Å². The summed E-state index contributed by atoms with van der Waals surface area (Å²) in [5, 5.41) is 2.94. The zero-order valence-electron chi connectivity index (χ0n) is 17.6. The number of urea groups is 1. The van der Waals surface area contributed by atoms with Crippen LogP contribution in [0.2, 0.25) is 0 Å². The van der Waals surface area contributed by atoms with E-state index in [4.69, 9.17) is 0 Å². The molecule has 0 bridgehead atoms. The largest absolute Gasteiger partial charge is 0.338 e. The number of rotatable bonds is 4. The van der Waals surface area contributed by atoms with E-state index in [1.165, 1.54) is 5.56 Å². The van der Waals surface area contributed by atoms with Crippen LogP contribution < -0.4 is 5.32 Å². The number of hydrogen-bond acceptors (Lipinski definition) is 3. The molecule has 0 saturated carbocycles. The van der Waals surface area contributed by atoms with Crippen molar-refractivity contribution in [1.29, 1.82) is 0 Å². The van der Waals surface area contributed by atoms with Gasteiger partial charge in [-0.05, 0) is 37.5 Å². The van der Waals surface area contributed by atoms with E-state index in [9.17, 15) is 9.59 Å². The van der Waals surface area contributed by atoms with Crippen LogP contribution in [0.4, 0.5) is 10.5 Å². The molecule has 2 aliphatic heterocycles. The number of hydrogen-bond donors (Lipinski definition) is 1. The van der Waals surface area contributed by atoms with E-state index in [-0.39, 0.29) is 18.0 Å². The van der Waals surface area contributed by atoms with Gasteiger partial charge in [0.1, 0.15) is 6.04 Å². The average Bonchev–Trinajstić information content (AvgIpc) is 3.26. The van der Waals surface area contributed by atoms with Crippen molar-refractivity contribution in [3.05, 3.63) is 65.7 Å². The summed E-state index contributed by atoms with van der Waals surface area (Å²) in [6, 6.07) is 17.6. The molecule has 0 spiro atoms. The summed E-state index contributed by atoms with van der Waals surface area (Å²) in [6.45, 7) is 6.72. The summed E-state index contributed by atoms with van der Waals surface area (Å²) in [6.07, 6.45) is 1.61. The molecular weight excluding hydrogens is 376 g/mol.